The van der Waals surface area contributed by atoms with Crippen LogP contribution in [-0.4, -0.2) is 22.5 Å². The van der Waals surface area contributed by atoms with E-state index >= 15 is 0 Å². The molecule has 0 N–H and O–H groups in total. The van der Waals surface area contributed by atoms with Gasteiger partial charge in [0.2, 0.25) is 0 Å². The van der Waals surface area contributed by atoms with Gasteiger partial charge in [-0.1, -0.05) is 30.5 Å². The lowest BCUT2D eigenvalue weighted by atomic mass is 10.1. The third-order valence-corrected chi connectivity index (χ3v) is 3.67. The molecule has 0 radical (unpaired) electrons. The highest BCUT2D eigenvalue weighted by Gasteiger charge is 2.23. The molecule has 0 fully saturated rings. The molecule has 2 aromatic rings. The van der Waals surface area contributed by atoms with Crippen molar-refractivity contribution in [1.82, 2.24) is 9.59 Å². The van der Waals surface area contributed by atoms with Crippen molar-refractivity contribution in [1.29, 1.82) is 5.26 Å². The van der Waals surface area contributed by atoms with E-state index in [0.717, 1.165) is 11.5 Å². The topological polar surface area (TPSA) is 69.9 Å². The van der Waals surface area contributed by atoms with Gasteiger partial charge in [0.15, 0.2) is 0 Å². The van der Waals surface area contributed by atoms with Crippen LogP contribution in [0.2, 0.25) is 0 Å². The third kappa shape index (κ3) is 2.53. The lowest BCUT2D eigenvalue weighted by molar-refractivity contribution is 0.0995. The Hall–Kier alpha value is -2.26. The number of hydrogen-bond acceptors (Lipinski definition) is 5. The van der Waals surface area contributed by atoms with Crippen LogP contribution in [0.4, 0.5) is 5.69 Å². The summed E-state index contributed by atoms with van der Waals surface area (Å²) >= 11 is 1.09. The highest BCUT2D eigenvalue weighted by molar-refractivity contribution is 7.08. The molecule has 0 unspecified atom stereocenters. The Balaban J connectivity index is 2.38. The van der Waals surface area contributed by atoms with Crippen molar-refractivity contribution >= 4 is 23.1 Å². The predicted octanol–water partition coefficient (Wildman–Crippen LogP) is 2.81. The summed E-state index contributed by atoms with van der Waals surface area (Å²) in [4.78, 5) is 14.5. The SMILES string of the molecule is CC(C)c1nnsc1C(=O)N(C)c1ccccc1C#N. The van der Waals surface area contributed by atoms with E-state index in [1.165, 1.54) is 4.90 Å². The molecule has 0 aliphatic carbocycles. The first kappa shape index (κ1) is 14.2. The molecular weight excluding hydrogens is 272 g/mol. The molecule has 6 heteroatoms. The highest BCUT2D eigenvalue weighted by atomic mass is 32.1. The van der Waals surface area contributed by atoms with Gasteiger partial charge in [-0.3, -0.25) is 4.79 Å². The number of benzene rings is 1. The maximum Gasteiger partial charge on any atom is 0.271 e. The molecule has 1 amide bonds. The van der Waals surface area contributed by atoms with Crippen LogP contribution in [0.3, 0.4) is 0 Å². The Morgan fingerprint density at radius 1 is 1.40 bits per heavy atom. The van der Waals surface area contributed by atoms with Crippen molar-refractivity contribution in [2.45, 2.75) is 19.8 Å². The van der Waals surface area contributed by atoms with Crippen LogP contribution in [0.15, 0.2) is 24.3 Å². The van der Waals surface area contributed by atoms with Crippen molar-refractivity contribution in [2.24, 2.45) is 0 Å². The van der Waals surface area contributed by atoms with Crippen molar-refractivity contribution in [2.75, 3.05) is 11.9 Å². The zero-order chi connectivity index (χ0) is 14.7. The van der Waals surface area contributed by atoms with E-state index in [0.29, 0.717) is 21.8 Å². The third-order valence-electron chi connectivity index (χ3n) is 2.94. The molecule has 20 heavy (non-hydrogen) atoms. The van der Waals surface area contributed by atoms with Gasteiger partial charge in [0.25, 0.3) is 5.91 Å². The highest BCUT2D eigenvalue weighted by Crippen LogP contribution is 2.25. The molecule has 5 nitrogen and oxygen atoms in total. The van der Waals surface area contributed by atoms with Crippen LogP contribution in [0.5, 0.6) is 0 Å². The van der Waals surface area contributed by atoms with E-state index in [-0.39, 0.29) is 11.8 Å². The van der Waals surface area contributed by atoms with Crippen molar-refractivity contribution in [3.8, 4) is 6.07 Å². The van der Waals surface area contributed by atoms with Gasteiger partial charge in [0, 0.05) is 7.05 Å². The number of nitrogens with zero attached hydrogens (tertiary/aromatic N) is 4. The molecule has 0 saturated heterocycles. The lowest BCUT2D eigenvalue weighted by Gasteiger charge is -2.18. The zero-order valence-corrected chi connectivity index (χ0v) is 12.3. The van der Waals surface area contributed by atoms with Gasteiger partial charge in [-0.15, -0.1) is 5.10 Å². The number of nitriles is 1. The first-order chi connectivity index (χ1) is 9.56. The fraction of sp³-hybridized carbons (Fsp3) is 0.286. The van der Waals surface area contributed by atoms with Crippen LogP contribution in [-0.2, 0) is 0 Å². The molecule has 102 valence electrons. The maximum absolute atomic E-state index is 12.5. The van der Waals surface area contributed by atoms with Crippen molar-refractivity contribution in [3.05, 3.63) is 40.4 Å². The summed E-state index contributed by atoms with van der Waals surface area (Å²) in [6.07, 6.45) is 0. The molecule has 0 bridgehead atoms. The molecule has 0 atom stereocenters. The number of hydrogen-bond donors (Lipinski definition) is 0. The molecule has 0 spiro atoms. The number of aromatic nitrogens is 2. The normalized spacial score (nSPS) is 10.3. The number of anilines is 1. The van der Waals surface area contributed by atoms with E-state index in [9.17, 15) is 4.79 Å². The monoisotopic (exact) mass is 286 g/mol. The van der Waals surface area contributed by atoms with E-state index in [1.54, 1.807) is 31.3 Å². The fourth-order valence-corrected chi connectivity index (χ4v) is 2.64. The van der Waals surface area contributed by atoms with E-state index < -0.39 is 0 Å². The molecule has 1 aromatic carbocycles. The standard InChI is InChI=1S/C14H14N4OS/c1-9(2)12-13(20-17-16-12)14(19)18(3)11-7-5-4-6-10(11)8-15/h4-7,9H,1-3H3. The predicted molar refractivity (Wildman–Crippen MR) is 77.9 cm³/mol. The average molecular weight is 286 g/mol. The van der Waals surface area contributed by atoms with Crippen LogP contribution in [0, 0.1) is 11.3 Å². The second-order valence-electron chi connectivity index (χ2n) is 4.64. The van der Waals surface area contributed by atoms with Crippen LogP contribution in [0.1, 0.15) is 40.7 Å². The summed E-state index contributed by atoms with van der Waals surface area (Å²) in [5, 5.41) is 13.1. The Kier molecular flexibility index (Phi) is 4.11. The summed E-state index contributed by atoms with van der Waals surface area (Å²) in [6, 6.07) is 9.10. The molecule has 1 heterocycles. The molecular formula is C14H14N4OS. The van der Waals surface area contributed by atoms with E-state index in [1.807, 2.05) is 13.8 Å². The minimum Gasteiger partial charge on any atom is -0.309 e. The number of carbonyl (C=O) groups excluding carboxylic acids is 1. The largest absolute Gasteiger partial charge is 0.309 e. The molecule has 0 aliphatic rings. The second-order valence-corrected chi connectivity index (χ2v) is 5.39. The summed E-state index contributed by atoms with van der Waals surface area (Å²) in [5.74, 6) is -0.0567. The number of para-hydroxylation sites is 1. The first-order valence-corrected chi connectivity index (χ1v) is 6.93. The maximum atomic E-state index is 12.5. The van der Waals surface area contributed by atoms with Gasteiger partial charge in [0.05, 0.1) is 16.9 Å². The summed E-state index contributed by atoms with van der Waals surface area (Å²) in [6.45, 7) is 3.94. The fourth-order valence-electron chi connectivity index (χ4n) is 1.85. The van der Waals surface area contributed by atoms with Crippen molar-refractivity contribution < 1.29 is 4.79 Å². The number of rotatable bonds is 3. The Morgan fingerprint density at radius 3 is 2.75 bits per heavy atom. The smallest absolute Gasteiger partial charge is 0.271 e. The summed E-state index contributed by atoms with van der Waals surface area (Å²) < 4.78 is 3.86. The summed E-state index contributed by atoms with van der Waals surface area (Å²) in [5.41, 5.74) is 1.75. The van der Waals surface area contributed by atoms with Gasteiger partial charge < -0.3 is 4.90 Å². The van der Waals surface area contributed by atoms with Gasteiger partial charge in [-0.25, -0.2) is 0 Å². The minimum absolute atomic E-state index is 0.132. The minimum atomic E-state index is -0.189. The van der Waals surface area contributed by atoms with E-state index in [2.05, 4.69) is 15.7 Å². The molecule has 1 aromatic heterocycles. The Bertz CT molecular complexity index is 672. The quantitative estimate of drug-likeness (QED) is 0.870. The lowest BCUT2D eigenvalue weighted by Crippen LogP contribution is -2.27. The zero-order valence-electron chi connectivity index (χ0n) is 11.5. The van der Waals surface area contributed by atoms with Gasteiger partial charge in [-0.05, 0) is 29.6 Å². The molecule has 2 rings (SSSR count). The molecule has 0 saturated carbocycles. The van der Waals surface area contributed by atoms with Crippen LogP contribution < -0.4 is 4.90 Å². The number of amides is 1. The van der Waals surface area contributed by atoms with Crippen LogP contribution in [0.25, 0.3) is 0 Å². The second kappa shape index (κ2) is 5.80. The Morgan fingerprint density at radius 2 is 2.10 bits per heavy atom. The van der Waals surface area contributed by atoms with Gasteiger partial charge in [0.1, 0.15) is 10.9 Å². The van der Waals surface area contributed by atoms with E-state index in [4.69, 9.17) is 5.26 Å². The first-order valence-electron chi connectivity index (χ1n) is 6.15. The van der Waals surface area contributed by atoms with Crippen molar-refractivity contribution in [3.63, 3.8) is 0 Å². The van der Waals surface area contributed by atoms with Gasteiger partial charge in [-0.2, -0.15) is 5.26 Å². The van der Waals surface area contributed by atoms with Gasteiger partial charge >= 0.3 is 0 Å². The Labute approximate surface area is 121 Å². The average Bonchev–Trinajstić information content (AvgIpc) is 2.95. The summed E-state index contributed by atoms with van der Waals surface area (Å²) in [7, 11) is 1.66. The van der Waals surface area contributed by atoms with Crippen LogP contribution >= 0.6 is 11.5 Å². The molecule has 0 aliphatic heterocycles. The number of carbonyl (C=O) groups is 1.